The van der Waals surface area contributed by atoms with E-state index in [0.717, 1.165) is 17.8 Å². The van der Waals surface area contributed by atoms with E-state index in [1.54, 1.807) is 16.7 Å². The largest absolute Gasteiger partial charge is 0.0613 e. The van der Waals surface area contributed by atoms with Crippen molar-refractivity contribution in [2.45, 2.75) is 65.2 Å². The summed E-state index contributed by atoms with van der Waals surface area (Å²) in [5, 5.41) is 0. The summed E-state index contributed by atoms with van der Waals surface area (Å²) >= 11 is 0. The minimum Gasteiger partial charge on any atom is -0.0613 e. The van der Waals surface area contributed by atoms with Gasteiger partial charge in [-0.15, -0.1) is 0 Å². The number of hydrogen-bond acceptors (Lipinski definition) is 0. The number of hydrogen-bond donors (Lipinski definition) is 0. The van der Waals surface area contributed by atoms with Crippen LogP contribution in [0, 0.1) is 18.8 Å². The molecule has 0 bridgehead atoms. The lowest BCUT2D eigenvalue weighted by molar-refractivity contribution is 0.191. The second kappa shape index (κ2) is 4.72. The highest BCUT2D eigenvalue weighted by Crippen LogP contribution is 2.47. The van der Waals surface area contributed by atoms with Gasteiger partial charge in [-0.05, 0) is 72.6 Å². The third kappa shape index (κ3) is 1.90. The van der Waals surface area contributed by atoms with Crippen molar-refractivity contribution in [2.24, 2.45) is 11.8 Å². The molecular formula is C18H26. The first-order valence-electron chi connectivity index (χ1n) is 7.83. The molecule has 0 radical (unpaired) electrons. The SMILES string of the molecule is CCc1cc2c(cc1C)C(C)[C@@H]1CCCC[C@@H]1C2. The van der Waals surface area contributed by atoms with Crippen LogP contribution in [0.3, 0.4) is 0 Å². The lowest BCUT2D eigenvalue weighted by Crippen LogP contribution is -2.31. The van der Waals surface area contributed by atoms with Crippen LogP contribution in [-0.2, 0) is 12.8 Å². The van der Waals surface area contributed by atoms with Crippen LogP contribution >= 0.6 is 0 Å². The maximum Gasteiger partial charge on any atom is -0.0156 e. The van der Waals surface area contributed by atoms with Gasteiger partial charge in [0, 0.05) is 0 Å². The molecule has 1 fully saturated rings. The fourth-order valence-electron chi connectivity index (χ4n) is 4.47. The van der Waals surface area contributed by atoms with E-state index in [9.17, 15) is 0 Å². The molecule has 0 N–H and O–H groups in total. The van der Waals surface area contributed by atoms with Gasteiger partial charge in [0.2, 0.25) is 0 Å². The third-order valence-electron chi connectivity index (χ3n) is 5.56. The van der Waals surface area contributed by atoms with Crippen LogP contribution in [0.5, 0.6) is 0 Å². The Kier molecular flexibility index (Phi) is 3.21. The summed E-state index contributed by atoms with van der Waals surface area (Å²) < 4.78 is 0. The quantitative estimate of drug-likeness (QED) is 0.648. The second-order valence-corrected chi connectivity index (χ2v) is 6.53. The fourth-order valence-corrected chi connectivity index (χ4v) is 4.47. The van der Waals surface area contributed by atoms with E-state index in [-0.39, 0.29) is 0 Å². The average Bonchev–Trinajstić information content (AvgIpc) is 2.39. The van der Waals surface area contributed by atoms with Gasteiger partial charge in [0.15, 0.2) is 0 Å². The van der Waals surface area contributed by atoms with Crippen LogP contribution < -0.4 is 0 Å². The molecule has 0 nitrogen and oxygen atoms in total. The molecular weight excluding hydrogens is 216 g/mol. The van der Waals surface area contributed by atoms with Gasteiger partial charge in [-0.25, -0.2) is 0 Å². The second-order valence-electron chi connectivity index (χ2n) is 6.53. The maximum absolute atomic E-state index is 2.52. The monoisotopic (exact) mass is 242 g/mol. The van der Waals surface area contributed by atoms with Crippen molar-refractivity contribution in [3.8, 4) is 0 Å². The van der Waals surface area contributed by atoms with Gasteiger partial charge in [-0.1, -0.05) is 38.8 Å². The predicted octanol–water partition coefficient (Wildman–Crippen LogP) is 5.02. The van der Waals surface area contributed by atoms with Crippen molar-refractivity contribution in [1.82, 2.24) is 0 Å². The van der Waals surface area contributed by atoms with Gasteiger partial charge >= 0.3 is 0 Å². The van der Waals surface area contributed by atoms with E-state index in [0.29, 0.717) is 0 Å². The average molecular weight is 242 g/mol. The number of benzene rings is 1. The Morgan fingerprint density at radius 1 is 1.17 bits per heavy atom. The molecule has 1 unspecified atom stereocenters. The highest BCUT2D eigenvalue weighted by atomic mass is 14.4. The van der Waals surface area contributed by atoms with Gasteiger partial charge in [0.1, 0.15) is 0 Å². The number of aryl methyl sites for hydroxylation is 2. The summed E-state index contributed by atoms with van der Waals surface area (Å²) in [4.78, 5) is 0. The molecule has 1 aromatic carbocycles. The van der Waals surface area contributed by atoms with Crippen molar-refractivity contribution in [3.05, 3.63) is 34.4 Å². The Bertz CT molecular complexity index is 444. The topological polar surface area (TPSA) is 0 Å². The van der Waals surface area contributed by atoms with E-state index >= 15 is 0 Å². The molecule has 3 atom stereocenters. The van der Waals surface area contributed by atoms with Crippen molar-refractivity contribution >= 4 is 0 Å². The molecule has 0 heteroatoms. The molecule has 1 aromatic rings. The van der Waals surface area contributed by atoms with Crippen molar-refractivity contribution in [2.75, 3.05) is 0 Å². The zero-order valence-electron chi connectivity index (χ0n) is 12.1. The Balaban J connectivity index is 2.01. The standard InChI is InChI=1S/C18H26/c1-4-14-10-16-11-15-7-5-6-8-17(15)13(3)18(16)9-12(14)2/h9-10,13,15,17H,4-8,11H2,1-3H3/t13?,15-,17+/m1/s1. The first kappa shape index (κ1) is 12.3. The Labute approximate surface area is 112 Å². The number of rotatable bonds is 1. The summed E-state index contributed by atoms with van der Waals surface area (Å²) in [6.45, 7) is 7.05. The summed E-state index contributed by atoms with van der Waals surface area (Å²) in [5.41, 5.74) is 6.42. The van der Waals surface area contributed by atoms with Gasteiger partial charge in [-0.3, -0.25) is 0 Å². The van der Waals surface area contributed by atoms with Gasteiger partial charge < -0.3 is 0 Å². The Morgan fingerprint density at radius 2 is 1.94 bits per heavy atom. The Morgan fingerprint density at radius 3 is 2.72 bits per heavy atom. The minimum absolute atomic E-state index is 0.795. The lowest BCUT2D eigenvalue weighted by Gasteiger charge is -2.41. The molecule has 0 saturated heterocycles. The summed E-state index contributed by atoms with van der Waals surface area (Å²) in [6.07, 6.45) is 8.42. The van der Waals surface area contributed by atoms with E-state index in [1.165, 1.54) is 44.1 Å². The molecule has 0 amide bonds. The van der Waals surface area contributed by atoms with E-state index in [1.807, 2.05) is 0 Å². The fraction of sp³-hybridized carbons (Fsp3) is 0.667. The van der Waals surface area contributed by atoms with E-state index in [2.05, 4.69) is 32.9 Å². The molecule has 18 heavy (non-hydrogen) atoms. The molecule has 3 rings (SSSR count). The van der Waals surface area contributed by atoms with E-state index in [4.69, 9.17) is 0 Å². The van der Waals surface area contributed by atoms with Gasteiger partial charge in [0.05, 0.1) is 0 Å². The summed E-state index contributed by atoms with van der Waals surface area (Å²) in [5.74, 6) is 2.75. The predicted molar refractivity (Wildman–Crippen MR) is 78.1 cm³/mol. The zero-order valence-corrected chi connectivity index (χ0v) is 12.1. The van der Waals surface area contributed by atoms with Crippen LogP contribution in [0.4, 0.5) is 0 Å². The molecule has 98 valence electrons. The van der Waals surface area contributed by atoms with Gasteiger partial charge in [-0.2, -0.15) is 0 Å². The maximum atomic E-state index is 2.52. The molecule has 0 heterocycles. The van der Waals surface area contributed by atoms with Crippen LogP contribution in [0.25, 0.3) is 0 Å². The van der Waals surface area contributed by atoms with Crippen LogP contribution in [0.15, 0.2) is 12.1 Å². The molecule has 1 saturated carbocycles. The molecule has 2 aliphatic carbocycles. The normalized spacial score (nSPS) is 30.7. The highest BCUT2D eigenvalue weighted by Gasteiger charge is 2.35. The third-order valence-corrected chi connectivity index (χ3v) is 5.56. The summed E-state index contributed by atoms with van der Waals surface area (Å²) in [7, 11) is 0. The van der Waals surface area contributed by atoms with Crippen LogP contribution in [0.2, 0.25) is 0 Å². The minimum atomic E-state index is 0.795. The summed E-state index contributed by atoms with van der Waals surface area (Å²) in [6, 6.07) is 5.02. The van der Waals surface area contributed by atoms with Crippen molar-refractivity contribution in [1.29, 1.82) is 0 Å². The Hall–Kier alpha value is -0.780. The molecule has 0 spiro atoms. The smallest absolute Gasteiger partial charge is 0.0156 e. The zero-order chi connectivity index (χ0) is 12.7. The van der Waals surface area contributed by atoms with Crippen molar-refractivity contribution < 1.29 is 0 Å². The van der Waals surface area contributed by atoms with Crippen LogP contribution in [-0.4, -0.2) is 0 Å². The van der Waals surface area contributed by atoms with Gasteiger partial charge in [0.25, 0.3) is 0 Å². The van der Waals surface area contributed by atoms with Crippen molar-refractivity contribution in [3.63, 3.8) is 0 Å². The molecule has 2 aliphatic rings. The van der Waals surface area contributed by atoms with Crippen LogP contribution in [0.1, 0.15) is 67.7 Å². The number of fused-ring (bicyclic) bond motifs is 2. The molecule has 0 aliphatic heterocycles. The lowest BCUT2D eigenvalue weighted by atomic mass is 9.63. The van der Waals surface area contributed by atoms with E-state index < -0.39 is 0 Å². The first-order valence-corrected chi connectivity index (χ1v) is 7.83. The first-order chi connectivity index (χ1) is 8.70. The molecule has 0 aromatic heterocycles. The highest BCUT2D eigenvalue weighted by molar-refractivity contribution is 5.42.